The van der Waals surface area contributed by atoms with Crippen LogP contribution in [0.1, 0.15) is 12.5 Å². The molecule has 0 saturated carbocycles. The van der Waals surface area contributed by atoms with Crippen molar-refractivity contribution in [1.82, 2.24) is 0 Å². The van der Waals surface area contributed by atoms with Crippen molar-refractivity contribution >= 4 is 34.4 Å². The van der Waals surface area contributed by atoms with Crippen molar-refractivity contribution < 1.29 is 4.39 Å². The van der Waals surface area contributed by atoms with Crippen LogP contribution in [0.2, 0.25) is 0 Å². The van der Waals surface area contributed by atoms with Gasteiger partial charge in [-0.1, -0.05) is 30.8 Å². The molecular weight excluding hydrogens is 346 g/mol. The summed E-state index contributed by atoms with van der Waals surface area (Å²) >= 11 is 3.58. The van der Waals surface area contributed by atoms with Gasteiger partial charge in [-0.15, -0.1) is 0 Å². The zero-order chi connectivity index (χ0) is 12.3. The van der Waals surface area contributed by atoms with Crippen molar-refractivity contribution in [3.8, 4) is 0 Å². The Morgan fingerprint density at radius 1 is 1.06 bits per heavy atom. The molecule has 0 aromatic heterocycles. The second-order valence-electron chi connectivity index (χ2n) is 3.68. The Morgan fingerprint density at radius 2 is 1.71 bits per heavy atom. The molecule has 2 aromatic carbocycles. The van der Waals surface area contributed by atoms with Crippen LogP contribution in [0.4, 0.5) is 4.39 Å². The highest BCUT2D eigenvalue weighted by atomic mass is 127. The number of rotatable bonds is 3. The van der Waals surface area contributed by atoms with Crippen LogP contribution in [-0.2, 0) is 6.42 Å². The normalized spacial score (nSPS) is 10.5. The van der Waals surface area contributed by atoms with E-state index in [2.05, 4.69) is 31.2 Å². The average Bonchev–Trinajstić information content (AvgIpc) is 2.35. The molecule has 0 heterocycles. The molecule has 0 spiro atoms. The summed E-state index contributed by atoms with van der Waals surface area (Å²) < 4.78 is 14.0. The lowest BCUT2D eigenvalue weighted by molar-refractivity contribution is 0.616. The van der Waals surface area contributed by atoms with E-state index in [1.165, 1.54) is 5.56 Å². The molecule has 0 N–H and O–H groups in total. The van der Waals surface area contributed by atoms with E-state index < -0.39 is 0 Å². The van der Waals surface area contributed by atoms with Gasteiger partial charge >= 0.3 is 0 Å². The first-order valence-corrected chi connectivity index (χ1v) is 7.30. The van der Waals surface area contributed by atoms with Gasteiger partial charge in [-0.05, 0) is 64.9 Å². The van der Waals surface area contributed by atoms with E-state index in [0.717, 1.165) is 16.2 Å². The SMILES string of the molecule is CCc1ccc(Sc2ccc(I)c(F)c2)cc1. The predicted octanol–water partition coefficient (Wildman–Crippen LogP) is 5.14. The highest BCUT2D eigenvalue weighted by Gasteiger charge is 2.02. The minimum atomic E-state index is -0.152. The fourth-order valence-electron chi connectivity index (χ4n) is 1.47. The van der Waals surface area contributed by atoms with E-state index in [4.69, 9.17) is 0 Å². The summed E-state index contributed by atoms with van der Waals surface area (Å²) in [6, 6.07) is 13.7. The Labute approximate surface area is 119 Å². The van der Waals surface area contributed by atoms with Gasteiger partial charge in [-0.2, -0.15) is 0 Å². The van der Waals surface area contributed by atoms with Crippen LogP contribution in [0.5, 0.6) is 0 Å². The van der Waals surface area contributed by atoms with Gasteiger partial charge in [-0.3, -0.25) is 0 Å². The molecule has 0 aliphatic heterocycles. The van der Waals surface area contributed by atoms with Crippen molar-refractivity contribution in [2.24, 2.45) is 0 Å². The van der Waals surface area contributed by atoms with Crippen molar-refractivity contribution in [2.45, 2.75) is 23.1 Å². The third-order valence-electron chi connectivity index (χ3n) is 2.46. The second-order valence-corrected chi connectivity index (χ2v) is 5.98. The molecule has 0 fully saturated rings. The predicted molar refractivity (Wildman–Crippen MR) is 79.1 cm³/mol. The van der Waals surface area contributed by atoms with Crippen LogP contribution in [0.3, 0.4) is 0 Å². The lowest BCUT2D eigenvalue weighted by Gasteiger charge is -2.04. The maximum absolute atomic E-state index is 13.4. The molecule has 3 heteroatoms. The Morgan fingerprint density at radius 3 is 2.29 bits per heavy atom. The molecule has 0 aliphatic carbocycles. The Bertz CT molecular complexity index is 508. The van der Waals surface area contributed by atoms with Gasteiger partial charge in [0.1, 0.15) is 5.82 Å². The maximum Gasteiger partial charge on any atom is 0.137 e. The van der Waals surface area contributed by atoms with E-state index in [9.17, 15) is 4.39 Å². The minimum Gasteiger partial charge on any atom is -0.206 e. The van der Waals surface area contributed by atoms with Crippen LogP contribution >= 0.6 is 34.4 Å². The molecule has 88 valence electrons. The summed E-state index contributed by atoms with van der Waals surface area (Å²) in [6.45, 7) is 2.14. The first-order chi connectivity index (χ1) is 8.19. The molecule has 2 rings (SSSR count). The van der Waals surface area contributed by atoms with E-state index in [0.29, 0.717) is 3.57 Å². The van der Waals surface area contributed by atoms with E-state index in [1.807, 2.05) is 28.7 Å². The van der Waals surface area contributed by atoms with Crippen molar-refractivity contribution in [2.75, 3.05) is 0 Å². The zero-order valence-electron chi connectivity index (χ0n) is 9.41. The standard InChI is InChI=1S/C14H12FIS/c1-2-10-3-5-11(6-4-10)17-12-7-8-14(16)13(15)9-12/h3-9H,2H2,1H3. The van der Waals surface area contributed by atoms with Crippen molar-refractivity contribution in [1.29, 1.82) is 0 Å². The van der Waals surface area contributed by atoms with Crippen molar-refractivity contribution in [3.05, 3.63) is 57.4 Å². The largest absolute Gasteiger partial charge is 0.206 e. The first-order valence-electron chi connectivity index (χ1n) is 5.41. The summed E-state index contributed by atoms with van der Waals surface area (Å²) in [5.41, 5.74) is 1.32. The molecule has 0 atom stereocenters. The third kappa shape index (κ3) is 3.45. The van der Waals surface area contributed by atoms with Crippen LogP contribution < -0.4 is 0 Å². The molecule has 0 nitrogen and oxygen atoms in total. The number of aryl methyl sites for hydroxylation is 1. The fraction of sp³-hybridized carbons (Fsp3) is 0.143. The number of hydrogen-bond donors (Lipinski definition) is 0. The minimum absolute atomic E-state index is 0.152. The van der Waals surface area contributed by atoms with Gasteiger partial charge in [0, 0.05) is 13.4 Å². The third-order valence-corrected chi connectivity index (χ3v) is 4.33. The van der Waals surface area contributed by atoms with Gasteiger partial charge in [0.25, 0.3) is 0 Å². The summed E-state index contributed by atoms with van der Waals surface area (Å²) in [5.74, 6) is -0.152. The summed E-state index contributed by atoms with van der Waals surface area (Å²) in [5, 5.41) is 0. The number of benzene rings is 2. The molecule has 0 amide bonds. The molecule has 0 saturated heterocycles. The summed E-state index contributed by atoms with van der Waals surface area (Å²) in [4.78, 5) is 2.08. The second kappa shape index (κ2) is 5.87. The van der Waals surface area contributed by atoms with Gasteiger partial charge in [0.2, 0.25) is 0 Å². The topological polar surface area (TPSA) is 0 Å². The molecule has 2 aromatic rings. The number of halogens is 2. The smallest absolute Gasteiger partial charge is 0.137 e. The lowest BCUT2D eigenvalue weighted by atomic mass is 10.2. The zero-order valence-corrected chi connectivity index (χ0v) is 12.4. The Hall–Kier alpha value is -0.550. The molecule has 0 radical (unpaired) electrons. The molecule has 0 unspecified atom stereocenters. The quantitative estimate of drug-likeness (QED) is 0.685. The van der Waals surface area contributed by atoms with Crippen LogP contribution in [0.15, 0.2) is 52.3 Å². The van der Waals surface area contributed by atoms with E-state index in [-0.39, 0.29) is 5.82 Å². The van der Waals surface area contributed by atoms with Crippen LogP contribution in [0, 0.1) is 9.39 Å². The Kier molecular flexibility index (Phi) is 4.45. The van der Waals surface area contributed by atoms with Crippen LogP contribution in [-0.4, -0.2) is 0 Å². The van der Waals surface area contributed by atoms with Gasteiger partial charge in [-0.25, -0.2) is 4.39 Å². The average molecular weight is 358 g/mol. The molecule has 0 bridgehead atoms. The van der Waals surface area contributed by atoms with Gasteiger partial charge in [0.15, 0.2) is 0 Å². The van der Waals surface area contributed by atoms with Gasteiger partial charge in [0.05, 0.1) is 0 Å². The van der Waals surface area contributed by atoms with E-state index in [1.54, 1.807) is 23.9 Å². The summed E-state index contributed by atoms with van der Waals surface area (Å²) in [6.07, 6.45) is 1.04. The molecule has 17 heavy (non-hydrogen) atoms. The van der Waals surface area contributed by atoms with Crippen LogP contribution in [0.25, 0.3) is 0 Å². The number of hydrogen-bond acceptors (Lipinski definition) is 1. The summed E-state index contributed by atoms with van der Waals surface area (Å²) in [7, 11) is 0. The Balaban J connectivity index is 2.16. The van der Waals surface area contributed by atoms with Crippen molar-refractivity contribution in [3.63, 3.8) is 0 Å². The highest BCUT2D eigenvalue weighted by molar-refractivity contribution is 14.1. The lowest BCUT2D eigenvalue weighted by Crippen LogP contribution is -1.83. The molecular formula is C14H12FIS. The fourth-order valence-corrected chi connectivity index (χ4v) is 2.65. The maximum atomic E-state index is 13.4. The first kappa shape index (κ1) is 12.9. The van der Waals surface area contributed by atoms with E-state index >= 15 is 0 Å². The molecule has 0 aliphatic rings. The van der Waals surface area contributed by atoms with Gasteiger partial charge < -0.3 is 0 Å². The highest BCUT2D eigenvalue weighted by Crippen LogP contribution is 2.29. The monoisotopic (exact) mass is 358 g/mol.